The molecule has 0 aliphatic heterocycles. The Hall–Kier alpha value is -1.89. The Morgan fingerprint density at radius 1 is 0.772 bits per heavy atom. The van der Waals surface area contributed by atoms with E-state index in [9.17, 15) is 34.4 Å². The summed E-state index contributed by atoms with van der Waals surface area (Å²) in [4.78, 5) is 35.6. The van der Waals surface area contributed by atoms with Crippen molar-refractivity contribution in [2.24, 2.45) is 11.8 Å². The van der Waals surface area contributed by atoms with Crippen molar-refractivity contribution in [3.05, 3.63) is 36.5 Å². The Bertz CT molecular complexity index is 1190. The summed E-state index contributed by atoms with van der Waals surface area (Å²) in [6, 6.07) is 0. The summed E-state index contributed by atoms with van der Waals surface area (Å²) in [6.07, 6.45) is 27.5. The molecule has 57 heavy (non-hydrogen) atoms. The lowest BCUT2D eigenvalue weighted by molar-refractivity contribution is -0.870. The topological polar surface area (TPSA) is 169 Å². The Morgan fingerprint density at radius 3 is 2.04 bits per heavy atom. The fraction of sp³-hybridized carbons (Fsp3) is 0.818. The second-order valence-electron chi connectivity index (χ2n) is 16.7. The van der Waals surface area contributed by atoms with E-state index >= 15 is 0 Å². The fourth-order valence-electron chi connectivity index (χ4n) is 6.69. The Balaban J connectivity index is 2.56. The average Bonchev–Trinajstić information content (AvgIpc) is 3.42. The highest BCUT2D eigenvalue weighted by atomic mass is 31.2. The van der Waals surface area contributed by atoms with Crippen molar-refractivity contribution in [1.29, 1.82) is 0 Å². The number of phosphoric ester groups is 1. The van der Waals surface area contributed by atoms with Gasteiger partial charge in [-0.05, 0) is 50.9 Å². The lowest BCUT2D eigenvalue weighted by Gasteiger charge is -2.24. The minimum absolute atomic E-state index is 0.0197. The van der Waals surface area contributed by atoms with Gasteiger partial charge in [-0.2, -0.15) is 0 Å². The van der Waals surface area contributed by atoms with Crippen LogP contribution in [0.3, 0.4) is 0 Å². The smallest absolute Gasteiger partial charge is 0.461 e. The van der Waals surface area contributed by atoms with E-state index in [4.69, 9.17) is 18.5 Å². The summed E-state index contributed by atoms with van der Waals surface area (Å²) < 4.78 is 34.2. The number of hydrogen-bond acceptors (Lipinski definition) is 10. The van der Waals surface area contributed by atoms with Gasteiger partial charge in [0.2, 0.25) is 0 Å². The van der Waals surface area contributed by atoms with E-state index in [0.29, 0.717) is 30.3 Å². The van der Waals surface area contributed by atoms with Crippen LogP contribution in [0.25, 0.3) is 0 Å². The second-order valence-corrected chi connectivity index (χ2v) is 18.2. The summed E-state index contributed by atoms with van der Waals surface area (Å²) in [5.41, 5.74) is 0. The molecule has 1 aliphatic carbocycles. The summed E-state index contributed by atoms with van der Waals surface area (Å²) in [6.45, 7) is 3.91. The van der Waals surface area contributed by atoms with Crippen LogP contribution in [0, 0.1) is 11.8 Å². The number of aliphatic hydroxyl groups is 3. The van der Waals surface area contributed by atoms with E-state index in [0.717, 1.165) is 44.9 Å². The summed E-state index contributed by atoms with van der Waals surface area (Å²) >= 11 is 0. The average molecular weight is 831 g/mol. The van der Waals surface area contributed by atoms with Crippen molar-refractivity contribution in [3.63, 3.8) is 0 Å². The van der Waals surface area contributed by atoms with Gasteiger partial charge in [0.15, 0.2) is 6.10 Å². The van der Waals surface area contributed by atoms with E-state index < -0.39 is 50.8 Å². The maximum absolute atomic E-state index is 12.7. The Labute approximate surface area is 345 Å². The van der Waals surface area contributed by atoms with E-state index in [1.807, 2.05) is 21.1 Å². The molecule has 0 radical (unpaired) electrons. The van der Waals surface area contributed by atoms with Crippen molar-refractivity contribution in [2.45, 2.75) is 173 Å². The predicted octanol–water partition coefficient (Wildman–Crippen LogP) is 8.51. The maximum Gasteiger partial charge on any atom is 0.472 e. The Kier molecular flexibility index (Phi) is 29.8. The molecule has 1 unspecified atom stereocenters. The molecule has 1 rings (SSSR count). The highest BCUT2D eigenvalue weighted by molar-refractivity contribution is 7.47. The van der Waals surface area contributed by atoms with Gasteiger partial charge in [-0.25, -0.2) is 4.57 Å². The van der Waals surface area contributed by atoms with Crippen LogP contribution in [0.5, 0.6) is 0 Å². The Morgan fingerprint density at radius 2 is 1.39 bits per heavy atom. The number of carbonyl (C=O) groups excluding carboxylic acids is 2. The molecule has 1 aliphatic rings. The molecular weight excluding hydrogens is 749 g/mol. The largest absolute Gasteiger partial charge is 0.472 e. The van der Waals surface area contributed by atoms with Gasteiger partial charge in [0, 0.05) is 18.8 Å². The number of quaternary nitrogens is 1. The van der Waals surface area contributed by atoms with Crippen LogP contribution in [0.15, 0.2) is 36.5 Å². The maximum atomic E-state index is 12.7. The molecule has 13 heteroatoms. The minimum atomic E-state index is -4.46. The highest BCUT2D eigenvalue weighted by Gasteiger charge is 2.39. The van der Waals surface area contributed by atoms with Gasteiger partial charge in [0.05, 0.1) is 52.5 Å². The number of allylic oxidation sites excluding steroid dienone is 3. The number of nitrogens with zero attached hydrogens (tertiary/aromatic N) is 1. The van der Waals surface area contributed by atoms with Crippen LogP contribution in [0.1, 0.15) is 149 Å². The summed E-state index contributed by atoms with van der Waals surface area (Å²) in [5, 5.41) is 31.4. The van der Waals surface area contributed by atoms with Crippen LogP contribution in [0.2, 0.25) is 0 Å². The number of hydrogen-bond donors (Lipinski definition) is 4. The molecule has 4 N–H and O–H groups in total. The first-order valence-corrected chi connectivity index (χ1v) is 23.5. The van der Waals surface area contributed by atoms with Crippen molar-refractivity contribution in [1.82, 2.24) is 0 Å². The molecular formula is C44H81NO11P+. The third kappa shape index (κ3) is 29.1. The monoisotopic (exact) mass is 831 g/mol. The van der Waals surface area contributed by atoms with Crippen molar-refractivity contribution in [3.8, 4) is 0 Å². The number of carbonyl (C=O) groups is 2. The third-order valence-corrected chi connectivity index (χ3v) is 11.2. The van der Waals surface area contributed by atoms with E-state index in [2.05, 4.69) is 26.0 Å². The third-order valence-electron chi connectivity index (χ3n) is 10.2. The first-order valence-electron chi connectivity index (χ1n) is 22.0. The predicted molar refractivity (Wildman–Crippen MR) is 226 cm³/mol. The van der Waals surface area contributed by atoms with E-state index in [1.54, 1.807) is 24.3 Å². The molecule has 1 saturated carbocycles. The van der Waals surface area contributed by atoms with Crippen LogP contribution < -0.4 is 0 Å². The lowest BCUT2D eigenvalue weighted by Crippen LogP contribution is -2.37. The van der Waals surface area contributed by atoms with Gasteiger partial charge in [-0.1, -0.05) is 121 Å². The van der Waals surface area contributed by atoms with Crippen molar-refractivity contribution >= 4 is 19.8 Å². The van der Waals surface area contributed by atoms with Crippen molar-refractivity contribution in [2.75, 3.05) is 47.5 Å². The normalized spacial score (nSPS) is 21.1. The zero-order valence-electron chi connectivity index (χ0n) is 36.1. The molecule has 0 saturated heterocycles. The highest BCUT2D eigenvalue weighted by Crippen LogP contribution is 2.43. The van der Waals surface area contributed by atoms with Crippen molar-refractivity contribution < 1.29 is 57.4 Å². The standard InChI is InChI=1S/C44H80NO11P/c1-6-8-10-11-12-13-14-15-16-17-18-19-20-21-23-29-44(50)56-38(36-55-57(51,52)54-33-32-45(3,4)5)35-53-43(49)28-25-24-27-39-40(42(48)34-41(39)47)31-30-37(46)26-22-9-7-2/h13-14,24-25,30-31,37-42,46-48H,6-12,15-23,26-29,32-36H2,1-5H3/p+1/b14-13-,25-24-,31-30+/t37-,38-,39+,40-,41+,42-/m1/s1. The van der Waals surface area contributed by atoms with Gasteiger partial charge >= 0.3 is 19.8 Å². The van der Waals surface area contributed by atoms with Crippen LogP contribution in [-0.2, 0) is 32.7 Å². The summed E-state index contributed by atoms with van der Waals surface area (Å²) in [5.74, 6) is -1.70. The quantitative estimate of drug-likeness (QED) is 0.0159. The van der Waals surface area contributed by atoms with Gasteiger partial charge in [0.25, 0.3) is 0 Å². The number of esters is 2. The lowest BCUT2D eigenvalue weighted by atomic mass is 9.89. The molecule has 0 aromatic rings. The van der Waals surface area contributed by atoms with Crippen LogP contribution >= 0.6 is 7.82 Å². The van der Waals surface area contributed by atoms with E-state index in [1.165, 1.54) is 51.4 Å². The van der Waals surface area contributed by atoms with Gasteiger partial charge in [-0.3, -0.25) is 18.6 Å². The molecule has 7 atom stereocenters. The van der Waals surface area contributed by atoms with Crippen LogP contribution in [0.4, 0.5) is 0 Å². The van der Waals surface area contributed by atoms with Crippen LogP contribution in [-0.4, -0.2) is 109 Å². The first kappa shape index (κ1) is 53.1. The van der Waals surface area contributed by atoms with Gasteiger partial charge in [0.1, 0.15) is 19.8 Å². The molecule has 0 spiro atoms. The second kappa shape index (κ2) is 32.0. The number of ether oxygens (including phenoxy) is 2. The minimum Gasteiger partial charge on any atom is -0.461 e. The fourth-order valence-corrected chi connectivity index (χ4v) is 7.43. The molecule has 0 heterocycles. The van der Waals surface area contributed by atoms with E-state index in [-0.39, 0.29) is 44.3 Å². The SMILES string of the molecule is CCCCCC/C=C\CCCCCCCCCC(=O)O[C@H](COC(=O)C/C=C\C[C@H]1[C@@H](/C=C/[C@H](O)CCCCC)[C@H](O)C[C@@H]1O)COP(=O)(O)OCC[N+](C)(C)C. The van der Waals surface area contributed by atoms with Gasteiger partial charge in [-0.15, -0.1) is 0 Å². The molecule has 0 amide bonds. The number of aliphatic hydroxyl groups excluding tert-OH is 3. The van der Waals surface area contributed by atoms with Gasteiger partial charge < -0.3 is 34.2 Å². The number of unbranched alkanes of at least 4 members (excludes halogenated alkanes) is 13. The summed E-state index contributed by atoms with van der Waals surface area (Å²) in [7, 11) is 1.30. The molecule has 0 aromatic carbocycles. The zero-order chi connectivity index (χ0) is 42.4. The molecule has 1 fully saturated rings. The molecule has 12 nitrogen and oxygen atoms in total. The molecule has 332 valence electrons. The number of phosphoric acid groups is 1. The zero-order valence-corrected chi connectivity index (χ0v) is 37.0. The molecule has 0 aromatic heterocycles. The number of rotatable bonds is 35. The first-order chi connectivity index (χ1) is 27.2. The number of likely N-dealkylation sites (N-methyl/N-ethyl adjacent to an activating group) is 1. The molecule has 0 bridgehead atoms.